The minimum absolute atomic E-state index is 0.306. The fraction of sp³-hybridized carbons (Fsp3) is 0.143. The average Bonchev–Trinajstić information content (AvgIpc) is 2.40. The summed E-state index contributed by atoms with van der Waals surface area (Å²) in [5.41, 5.74) is 0.463. The minimum Gasteiger partial charge on any atom is -0.381 e. The van der Waals surface area contributed by atoms with Crippen LogP contribution in [0.2, 0.25) is 5.02 Å². The Kier molecular flexibility index (Phi) is 5.22. The van der Waals surface area contributed by atoms with E-state index in [1.165, 1.54) is 12.1 Å². The van der Waals surface area contributed by atoms with Crippen LogP contribution in [0, 0.1) is 0 Å². The highest BCUT2D eigenvalue weighted by Crippen LogP contribution is 2.36. The fourth-order valence-electron chi connectivity index (χ4n) is 1.71. The number of hydrogen-bond donors (Lipinski definition) is 1. The van der Waals surface area contributed by atoms with Crippen LogP contribution >= 0.6 is 43.5 Å². The van der Waals surface area contributed by atoms with Crippen LogP contribution in [-0.4, -0.2) is 0 Å². The van der Waals surface area contributed by atoms with Crippen molar-refractivity contribution in [2.24, 2.45) is 0 Å². The molecule has 2 aromatic carbocycles. The molecule has 0 saturated heterocycles. The quantitative estimate of drug-likeness (QED) is 0.571. The standard InChI is InChI=1S/C14H9Br2ClF3N/c15-11-3-1-8(5-12(11)16)7-21-9-2-4-13(17)10(6-9)14(18,19)20/h1-6,21H,7H2. The van der Waals surface area contributed by atoms with Gasteiger partial charge in [-0.3, -0.25) is 0 Å². The van der Waals surface area contributed by atoms with E-state index in [-0.39, 0.29) is 5.02 Å². The lowest BCUT2D eigenvalue weighted by atomic mass is 10.1. The number of halogens is 6. The summed E-state index contributed by atoms with van der Waals surface area (Å²) in [6.07, 6.45) is -4.46. The van der Waals surface area contributed by atoms with Crippen LogP contribution in [0.15, 0.2) is 45.3 Å². The molecule has 2 aromatic rings. The summed E-state index contributed by atoms with van der Waals surface area (Å²) in [6, 6.07) is 9.40. The summed E-state index contributed by atoms with van der Waals surface area (Å²) < 4.78 is 40.1. The molecule has 0 spiro atoms. The second-order valence-electron chi connectivity index (χ2n) is 4.29. The molecule has 0 unspecified atom stereocenters. The summed E-state index contributed by atoms with van der Waals surface area (Å²) in [6.45, 7) is 0.408. The predicted octanol–water partition coefficient (Wildman–Crippen LogP) is 6.50. The zero-order chi connectivity index (χ0) is 15.6. The molecule has 0 aliphatic rings. The first-order chi connectivity index (χ1) is 9.77. The first-order valence-electron chi connectivity index (χ1n) is 5.82. The smallest absolute Gasteiger partial charge is 0.381 e. The van der Waals surface area contributed by atoms with Gasteiger partial charge < -0.3 is 5.32 Å². The number of rotatable bonds is 3. The predicted molar refractivity (Wildman–Crippen MR) is 85.6 cm³/mol. The molecule has 2 rings (SSSR count). The van der Waals surface area contributed by atoms with Gasteiger partial charge in [0.25, 0.3) is 0 Å². The van der Waals surface area contributed by atoms with Gasteiger partial charge in [-0.1, -0.05) is 17.7 Å². The van der Waals surface area contributed by atoms with E-state index in [0.717, 1.165) is 20.6 Å². The van der Waals surface area contributed by atoms with Crippen LogP contribution in [0.25, 0.3) is 0 Å². The highest BCUT2D eigenvalue weighted by Gasteiger charge is 2.33. The molecular weight excluding hydrogens is 434 g/mol. The summed E-state index contributed by atoms with van der Waals surface area (Å²) >= 11 is 12.3. The molecule has 21 heavy (non-hydrogen) atoms. The highest BCUT2D eigenvalue weighted by molar-refractivity contribution is 9.13. The molecule has 0 fully saturated rings. The van der Waals surface area contributed by atoms with Crippen molar-refractivity contribution >= 4 is 49.1 Å². The largest absolute Gasteiger partial charge is 0.417 e. The maximum absolute atomic E-state index is 12.8. The van der Waals surface area contributed by atoms with Crippen LogP contribution in [0.3, 0.4) is 0 Å². The van der Waals surface area contributed by atoms with Crippen molar-refractivity contribution in [1.82, 2.24) is 0 Å². The molecule has 1 N–H and O–H groups in total. The van der Waals surface area contributed by atoms with Gasteiger partial charge in [0.2, 0.25) is 0 Å². The maximum atomic E-state index is 12.8. The maximum Gasteiger partial charge on any atom is 0.417 e. The lowest BCUT2D eigenvalue weighted by molar-refractivity contribution is -0.137. The molecule has 0 amide bonds. The van der Waals surface area contributed by atoms with Crippen molar-refractivity contribution in [1.29, 1.82) is 0 Å². The molecule has 0 atom stereocenters. The molecule has 0 radical (unpaired) electrons. The summed E-state index contributed by atoms with van der Waals surface area (Å²) in [5.74, 6) is 0. The minimum atomic E-state index is -4.46. The van der Waals surface area contributed by atoms with Gasteiger partial charge in [-0.15, -0.1) is 0 Å². The molecule has 0 aliphatic carbocycles. The Hall–Kier alpha value is -0.720. The summed E-state index contributed by atoms with van der Waals surface area (Å²) in [7, 11) is 0. The number of benzene rings is 2. The Morgan fingerprint density at radius 1 is 1.00 bits per heavy atom. The summed E-state index contributed by atoms with van der Waals surface area (Å²) in [4.78, 5) is 0. The molecule has 0 aliphatic heterocycles. The monoisotopic (exact) mass is 441 g/mol. The Morgan fingerprint density at radius 2 is 1.71 bits per heavy atom. The van der Waals surface area contributed by atoms with E-state index in [1.54, 1.807) is 0 Å². The van der Waals surface area contributed by atoms with Crippen molar-refractivity contribution < 1.29 is 13.2 Å². The van der Waals surface area contributed by atoms with E-state index >= 15 is 0 Å². The highest BCUT2D eigenvalue weighted by atomic mass is 79.9. The third-order valence-corrected chi connectivity index (χ3v) is 4.96. The topological polar surface area (TPSA) is 12.0 Å². The fourth-order valence-corrected chi connectivity index (χ4v) is 2.60. The number of nitrogens with one attached hydrogen (secondary N) is 1. The van der Waals surface area contributed by atoms with Gasteiger partial charge >= 0.3 is 6.18 Å². The molecule has 0 aromatic heterocycles. The Balaban J connectivity index is 2.15. The number of alkyl halides is 3. The lowest BCUT2D eigenvalue weighted by Gasteiger charge is -2.12. The zero-order valence-electron chi connectivity index (χ0n) is 10.4. The average molecular weight is 443 g/mol. The third-order valence-electron chi connectivity index (χ3n) is 2.75. The van der Waals surface area contributed by atoms with Gasteiger partial charge in [0.05, 0.1) is 10.6 Å². The zero-order valence-corrected chi connectivity index (χ0v) is 14.4. The van der Waals surface area contributed by atoms with Crippen LogP contribution in [0.4, 0.5) is 18.9 Å². The van der Waals surface area contributed by atoms with Crippen LogP contribution in [0.5, 0.6) is 0 Å². The molecular formula is C14H9Br2ClF3N. The Morgan fingerprint density at radius 3 is 2.33 bits per heavy atom. The second kappa shape index (κ2) is 6.58. The van der Waals surface area contributed by atoms with Gasteiger partial charge in [0, 0.05) is 21.2 Å². The molecule has 7 heteroatoms. The molecule has 0 bridgehead atoms. The van der Waals surface area contributed by atoms with Gasteiger partial charge in [0.1, 0.15) is 0 Å². The van der Waals surface area contributed by atoms with E-state index in [4.69, 9.17) is 11.6 Å². The molecule has 0 saturated carbocycles. The lowest BCUT2D eigenvalue weighted by Crippen LogP contribution is -2.07. The van der Waals surface area contributed by atoms with Gasteiger partial charge in [-0.2, -0.15) is 13.2 Å². The van der Waals surface area contributed by atoms with E-state index in [0.29, 0.717) is 12.2 Å². The second-order valence-corrected chi connectivity index (χ2v) is 6.41. The van der Waals surface area contributed by atoms with Gasteiger partial charge in [-0.25, -0.2) is 0 Å². The van der Waals surface area contributed by atoms with Crippen molar-refractivity contribution in [3.05, 3.63) is 61.5 Å². The van der Waals surface area contributed by atoms with E-state index in [1.807, 2.05) is 18.2 Å². The first-order valence-corrected chi connectivity index (χ1v) is 7.78. The van der Waals surface area contributed by atoms with Crippen LogP contribution < -0.4 is 5.32 Å². The number of anilines is 1. The molecule has 112 valence electrons. The van der Waals surface area contributed by atoms with E-state index in [2.05, 4.69) is 37.2 Å². The Labute approximate surface area is 141 Å². The van der Waals surface area contributed by atoms with Gasteiger partial charge in [-0.05, 0) is 67.8 Å². The molecule has 1 nitrogen and oxygen atoms in total. The molecule has 0 heterocycles. The SMILES string of the molecule is FC(F)(F)c1cc(NCc2ccc(Br)c(Br)c2)ccc1Cl. The van der Waals surface area contributed by atoms with Crippen molar-refractivity contribution in [2.75, 3.05) is 5.32 Å². The summed E-state index contributed by atoms with van der Waals surface area (Å²) in [5, 5.41) is 2.65. The Bertz CT molecular complexity index is 659. The van der Waals surface area contributed by atoms with Crippen molar-refractivity contribution in [3.8, 4) is 0 Å². The van der Waals surface area contributed by atoms with Gasteiger partial charge in [0.15, 0.2) is 0 Å². The van der Waals surface area contributed by atoms with E-state index in [9.17, 15) is 13.2 Å². The normalized spacial score (nSPS) is 11.5. The first kappa shape index (κ1) is 16.6. The van der Waals surface area contributed by atoms with Crippen molar-refractivity contribution in [3.63, 3.8) is 0 Å². The van der Waals surface area contributed by atoms with Crippen molar-refractivity contribution in [2.45, 2.75) is 12.7 Å². The number of hydrogen-bond acceptors (Lipinski definition) is 1. The third kappa shape index (κ3) is 4.37. The van der Waals surface area contributed by atoms with Crippen LogP contribution in [-0.2, 0) is 12.7 Å². The van der Waals surface area contributed by atoms with Crippen LogP contribution in [0.1, 0.15) is 11.1 Å². The van der Waals surface area contributed by atoms with E-state index < -0.39 is 11.7 Å².